The molecule has 0 radical (unpaired) electrons. The lowest BCUT2D eigenvalue weighted by Gasteiger charge is -2.35. The molecule has 1 fully saturated rings. The zero-order valence-corrected chi connectivity index (χ0v) is 13.2. The molecule has 2 rings (SSSR count). The summed E-state index contributed by atoms with van der Waals surface area (Å²) in [6.07, 6.45) is 0.678. The summed E-state index contributed by atoms with van der Waals surface area (Å²) >= 11 is 0. The maximum atomic E-state index is 12.2. The van der Waals surface area contributed by atoms with Gasteiger partial charge in [0.2, 0.25) is 5.91 Å². The molecule has 0 aromatic carbocycles. The lowest BCUT2D eigenvalue weighted by molar-refractivity contribution is -0.142. The van der Waals surface area contributed by atoms with Crippen LogP contribution in [0.5, 0.6) is 0 Å². The molecule has 1 N–H and O–H groups in total. The Bertz CT molecular complexity index is 476. The van der Waals surface area contributed by atoms with Gasteiger partial charge in [-0.05, 0) is 27.7 Å². The second-order valence-electron chi connectivity index (χ2n) is 5.67. The number of aryl methyl sites for hydroxylation is 2. The fourth-order valence-corrected chi connectivity index (χ4v) is 2.64. The van der Waals surface area contributed by atoms with Crippen molar-refractivity contribution in [1.82, 2.24) is 14.9 Å². The Morgan fingerprint density at radius 1 is 1.33 bits per heavy atom. The molecule has 0 bridgehead atoms. The first kappa shape index (κ1) is 15.7. The predicted molar refractivity (Wildman–Crippen MR) is 81.2 cm³/mol. The molecule has 1 aromatic heterocycles. The summed E-state index contributed by atoms with van der Waals surface area (Å²) in [5, 5.41) is 3.19. The Morgan fingerprint density at radius 3 is 2.62 bits per heavy atom. The van der Waals surface area contributed by atoms with Crippen LogP contribution >= 0.6 is 0 Å². The van der Waals surface area contributed by atoms with E-state index in [0.717, 1.165) is 17.3 Å². The maximum Gasteiger partial charge on any atom is 0.224 e. The van der Waals surface area contributed by atoms with E-state index in [0.29, 0.717) is 26.1 Å². The van der Waals surface area contributed by atoms with Crippen molar-refractivity contribution in [2.75, 3.05) is 25.0 Å². The van der Waals surface area contributed by atoms with Crippen LogP contribution in [0.1, 0.15) is 31.8 Å². The summed E-state index contributed by atoms with van der Waals surface area (Å²) in [6.45, 7) is 9.72. The van der Waals surface area contributed by atoms with Crippen molar-refractivity contribution < 1.29 is 9.53 Å². The quantitative estimate of drug-likeness (QED) is 0.911. The van der Waals surface area contributed by atoms with Gasteiger partial charge in [0.15, 0.2) is 0 Å². The molecule has 1 saturated heterocycles. The van der Waals surface area contributed by atoms with Crippen LogP contribution in [0, 0.1) is 13.8 Å². The van der Waals surface area contributed by atoms with Crippen LogP contribution in [0.4, 0.5) is 5.82 Å². The first-order chi connectivity index (χ1) is 9.94. The summed E-state index contributed by atoms with van der Waals surface area (Å²) in [5.41, 5.74) is 0.923. The second-order valence-corrected chi connectivity index (χ2v) is 5.67. The average Bonchev–Trinajstić information content (AvgIpc) is 2.36. The molecule has 21 heavy (non-hydrogen) atoms. The average molecular weight is 292 g/mol. The number of hydrogen-bond donors (Lipinski definition) is 1. The van der Waals surface area contributed by atoms with Gasteiger partial charge in [0.05, 0.1) is 12.2 Å². The van der Waals surface area contributed by atoms with E-state index >= 15 is 0 Å². The number of hydrogen-bond acceptors (Lipinski definition) is 5. The monoisotopic (exact) mass is 292 g/mol. The SMILES string of the molecule is Cc1cc(NCCC(=O)N2C[C@@H](C)O[C@H](C)C2)nc(C)n1. The minimum atomic E-state index is 0.109. The Balaban J connectivity index is 1.81. The van der Waals surface area contributed by atoms with Gasteiger partial charge in [-0.2, -0.15) is 0 Å². The minimum absolute atomic E-state index is 0.109. The van der Waals surface area contributed by atoms with Crippen LogP contribution in [-0.4, -0.2) is 52.6 Å². The molecule has 6 heteroatoms. The maximum absolute atomic E-state index is 12.2. The number of carbonyl (C=O) groups is 1. The third kappa shape index (κ3) is 4.67. The highest BCUT2D eigenvalue weighted by molar-refractivity contribution is 5.76. The Labute approximate surface area is 125 Å². The summed E-state index contributed by atoms with van der Waals surface area (Å²) in [5.74, 6) is 1.67. The number of nitrogens with one attached hydrogen (secondary N) is 1. The molecule has 0 unspecified atom stereocenters. The number of anilines is 1. The molecule has 0 aliphatic carbocycles. The summed E-state index contributed by atoms with van der Waals surface area (Å²) in [4.78, 5) is 22.6. The van der Waals surface area contributed by atoms with Crippen molar-refractivity contribution >= 4 is 11.7 Å². The number of aromatic nitrogens is 2. The summed E-state index contributed by atoms with van der Waals surface area (Å²) < 4.78 is 5.64. The van der Waals surface area contributed by atoms with E-state index in [4.69, 9.17) is 4.74 Å². The lowest BCUT2D eigenvalue weighted by atomic mass is 10.2. The van der Waals surface area contributed by atoms with E-state index in [2.05, 4.69) is 15.3 Å². The summed E-state index contributed by atoms with van der Waals surface area (Å²) in [7, 11) is 0. The van der Waals surface area contributed by atoms with E-state index in [-0.39, 0.29) is 18.1 Å². The lowest BCUT2D eigenvalue weighted by Crippen LogP contribution is -2.48. The van der Waals surface area contributed by atoms with Crippen molar-refractivity contribution in [3.8, 4) is 0 Å². The van der Waals surface area contributed by atoms with Crippen molar-refractivity contribution in [2.24, 2.45) is 0 Å². The minimum Gasteiger partial charge on any atom is -0.372 e. The molecule has 1 aliphatic heterocycles. The van der Waals surface area contributed by atoms with Gasteiger partial charge >= 0.3 is 0 Å². The highest BCUT2D eigenvalue weighted by Gasteiger charge is 2.25. The number of ether oxygens (including phenoxy) is 1. The molecule has 1 aliphatic rings. The standard InChI is InChI=1S/C15H24N4O2/c1-10-7-14(18-13(4)17-10)16-6-5-15(20)19-8-11(2)21-12(3)9-19/h7,11-12H,5-6,8-9H2,1-4H3,(H,16,17,18)/t11-,12-/m1/s1. The molecule has 1 aromatic rings. The van der Waals surface area contributed by atoms with E-state index in [1.54, 1.807) is 0 Å². The number of morpholine rings is 1. The zero-order valence-electron chi connectivity index (χ0n) is 13.2. The normalized spacial score (nSPS) is 22.2. The first-order valence-corrected chi connectivity index (χ1v) is 7.43. The van der Waals surface area contributed by atoms with Gasteiger partial charge < -0.3 is 15.0 Å². The topological polar surface area (TPSA) is 67.4 Å². The van der Waals surface area contributed by atoms with E-state index in [1.165, 1.54) is 0 Å². The molecule has 0 saturated carbocycles. The van der Waals surface area contributed by atoms with E-state index in [9.17, 15) is 4.79 Å². The fourth-order valence-electron chi connectivity index (χ4n) is 2.64. The van der Waals surface area contributed by atoms with Gasteiger partial charge in [-0.1, -0.05) is 0 Å². The van der Waals surface area contributed by atoms with Crippen molar-refractivity contribution in [2.45, 2.75) is 46.3 Å². The molecule has 1 amide bonds. The second kappa shape index (κ2) is 6.85. The van der Waals surface area contributed by atoms with Crippen molar-refractivity contribution in [3.05, 3.63) is 17.6 Å². The van der Waals surface area contributed by atoms with Gasteiger partial charge in [0, 0.05) is 37.8 Å². The van der Waals surface area contributed by atoms with Crippen LogP contribution in [0.25, 0.3) is 0 Å². The van der Waals surface area contributed by atoms with Crippen LogP contribution in [0.3, 0.4) is 0 Å². The fraction of sp³-hybridized carbons (Fsp3) is 0.667. The molecule has 2 heterocycles. The van der Waals surface area contributed by atoms with Crippen molar-refractivity contribution in [3.63, 3.8) is 0 Å². The van der Waals surface area contributed by atoms with Gasteiger partial charge in [-0.3, -0.25) is 4.79 Å². The van der Waals surface area contributed by atoms with Crippen molar-refractivity contribution in [1.29, 1.82) is 0 Å². The molecular formula is C15H24N4O2. The van der Waals surface area contributed by atoms with Crippen LogP contribution in [0.15, 0.2) is 6.07 Å². The van der Waals surface area contributed by atoms with E-state index < -0.39 is 0 Å². The summed E-state index contributed by atoms with van der Waals surface area (Å²) in [6, 6.07) is 1.89. The number of amides is 1. The highest BCUT2D eigenvalue weighted by atomic mass is 16.5. The molecular weight excluding hydrogens is 268 g/mol. The third-order valence-corrected chi connectivity index (χ3v) is 3.38. The third-order valence-electron chi connectivity index (χ3n) is 3.38. The Kier molecular flexibility index (Phi) is 5.12. The van der Waals surface area contributed by atoms with Crippen LogP contribution < -0.4 is 5.32 Å². The van der Waals surface area contributed by atoms with Gasteiger partial charge in [0.1, 0.15) is 11.6 Å². The highest BCUT2D eigenvalue weighted by Crippen LogP contribution is 2.12. The molecule has 2 atom stereocenters. The first-order valence-electron chi connectivity index (χ1n) is 7.43. The van der Waals surface area contributed by atoms with Gasteiger partial charge in [0.25, 0.3) is 0 Å². The van der Waals surface area contributed by atoms with E-state index in [1.807, 2.05) is 38.7 Å². The van der Waals surface area contributed by atoms with Gasteiger partial charge in [-0.25, -0.2) is 9.97 Å². The number of nitrogens with zero attached hydrogens (tertiary/aromatic N) is 3. The predicted octanol–water partition coefficient (Wildman–Crippen LogP) is 1.53. The number of carbonyl (C=O) groups excluding carboxylic acids is 1. The Morgan fingerprint density at radius 2 is 2.00 bits per heavy atom. The zero-order chi connectivity index (χ0) is 15.4. The Hall–Kier alpha value is -1.69. The molecule has 0 spiro atoms. The largest absolute Gasteiger partial charge is 0.372 e. The molecule has 6 nitrogen and oxygen atoms in total. The van der Waals surface area contributed by atoms with Crippen LogP contribution in [-0.2, 0) is 9.53 Å². The molecule has 116 valence electrons. The smallest absolute Gasteiger partial charge is 0.224 e. The van der Waals surface area contributed by atoms with Crippen LogP contribution in [0.2, 0.25) is 0 Å². The number of rotatable bonds is 4. The van der Waals surface area contributed by atoms with Gasteiger partial charge in [-0.15, -0.1) is 0 Å².